The maximum Gasteiger partial charge on any atom is 0.220 e. The third-order valence-corrected chi connectivity index (χ3v) is 4.70. The molecule has 0 saturated heterocycles. The Kier molecular flexibility index (Phi) is 5.03. The number of thiophene rings is 1. The molecule has 100 valence electrons. The Morgan fingerprint density at radius 2 is 2.33 bits per heavy atom. The zero-order valence-electron chi connectivity index (χ0n) is 10.2. The van der Waals surface area contributed by atoms with E-state index in [0.717, 1.165) is 34.9 Å². The molecule has 1 fully saturated rings. The quantitative estimate of drug-likeness (QED) is 0.875. The van der Waals surface area contributed by atoms with E-state index in [2.05, 4.69) is 5.32 Å². The van der Waals surface area contributed by atoms with Crippen molar-refractivity contribution < 1.29 is 9.90 Å². The Balaban J connectivity index is 1.66. The smallest absolute Gasteiger partial charge is 0.220 e. The molecule has 1 aliphatic rings. The molecule has 1 aromatic rings. The largest absolute Gasteiger partial charge is 0.393 e. The van der Waals surface area contributed by atoms with E-state index in [-0.39, 0.29) is 17.9 Å². The summed E-state index contributed by atoms with van der Waals surface area (Å²) in [5.74, 6) is 0.295. The van der Waals surface area contributed by atoms with Crippen molar-refractivity contribution in [1.82, 2.24) is 5.32 Å². The summed E-state index contributed by atoms with van der Waals surface area (Å²) in [6.07, 6.45) is 3.93. The number of hydrogen-bond acceptors (Lipinski definition) is 3. The predicted octanol–water partition coefficient (Wildman–Crippen LogP) is 2.61. The fraction of sp³-hybridized carbons (Fsp3) is 0.615. The SMILES string of the molecule is O=C(CCc1ccc(Cl)s1)NC[C@H]1CCC[C@H]1O. The van der Waals surface area contributed by atoms with Crippen LogP contribution in [0.25, 0.3) is 0 Å². The van der Waals surface area contributed by atoms with Gasteiger partial charge in [0.1, 0.15) is 0 Å². The van der Waals surface area contributed by atoms with Crippen molar-refractivity contribution in [1.29, 1.82) is 0 Å². The molecule has 0 aromatic carbocycles. The maximum absolute atomic E-state index is 11.7. The second-order valence-electron chi connectivity index (χ2n) is 4.77. The van der Waals surface area contributed by atoms with Gasteiger partial charge in [0.25, 0.3) is 0 Å². The highest BCUT2D eigenvalue weighted by Crippen LogP contribution is 2.25. The van der Waals surface area contributed by atoms with Crippen LogP contribution >= 0.6 is 22.9 Å². The second-order valence-corrected chi connectivity index (χ2v) is 6.57. The zero-order valence-corrected chi connectivity index (χ0v) is 11.8. The van der Waals surface area contributed by atoms with Crippen LogP contribution in [0.1, 0.15) is 30.6 Å². The lowest BCUT2D eigenvalue weighted by molar-refractivity contribution is -0.121. The van der Waals surface area contributed by atoms with Crippen LogP contribution in [0.2, 0.25) is 4.34 Å². The maximum atomic E-state index is 11.7. The summed E-state index contributed by atoms with van der Waals surface area (Å²) in [4.78, 5) is 12.8. The van der Waals surface area contributed by atoms with E-state index in [1.54, 1.807) is 0 Å². The highest BCUT2D eigenvalue weighted by Gasteiger charge is 2.25. The topological polar surface area (TPSA) is 49.3 Å². The molecular weight excluding hydrogens is 270 g/mol. The van der Waals surface area contributed by atoms with Crippen molar-refractivity contribution >= 4 is 28.8 Å². The normalized spacial score (nSPS) is 23.2. The minimum Gasteiger partial charge on any atom is -0.393 e. The van der Waals surface area contributed by atoms with Gasteiger partial charge >= 0.3 is 0 Å². The Morgan fingerprint density at radius 3 is 2.94 bits per heavy atom. The van der Waals surface area contributed by atoms with Crippen LogP contribution < -0.4 is 5.32 Å². The molecule has 2 N–H and O–H groups in total. The van der Waals surface area contributed by atoms with Crippen LogP contribution in [-0.4, -0.2) is 23.7 Å². The van der Waals surface area contributed by atoms with Crippen LogP contribution in [0.15, 0.2) is 12.1 Å². The average molecular weight is 288 g/mol. The zero-order chi connectivity index (χ0) is 13.0. The van der Waals surface area contributed by atoms with Gasteiger partial charge in [-0.1, -0.05) is 18.0 Å². The summed E-state index contributed by atoms with van der Waals surface area (Å²) < 4.78 is 0.763. The van der Waals surface area contributed by atoms with E-state index in [1.165, 1.54) is 11.3 Å². The summed E-state index contributed by atoms with van der Waals surface area (Å²) in [5, 5.41) is 12.6. The van der Waals surface area contributed by atoms with Gasteiger partial charge in [-0.2, -0.15) is 0 Å². The lowest BCUT2D eigenvalue weighted by atomic mass is 10.1. The van der Waals surface area contributed by atoms with Crippen LogP contribution in [0, 0.1) is 5.92 Å². The Morgan fingerprint density at radius 1 is 1.50 bits per heavy atom. The predicted molar refractivity (Wildman–Crippen MR) is 74.0 cm³/mol. The number of halogens is 1. The number of aliphatic hydroxyl groups is 1. The van der Waals surface area contributed by atoms with Crippen LogP contribution in [0.5, 0.6) is 0 Å². The molecule has 2 atom stereocenters. The molecule has 0 unspecified atom stereocenters. The standard InChI is InChI=1S/C13H18ClNO2S/c14-12-6-4-10(18-12)5-7-13(17)15-8-9-2-1-3-11(9)16/h4,6,9,11,16H,1-3,5,7-8H2,(H,15,17)/t9-,11-/m1/s1. The van der Waals surface area contributed by atoms with Gasteiger partial charge in [0.15, 0.2) is 0 Å². The monoisotopic (exact) mass is 287 g/mol. The molecule has 1 heterocycles. The molecule has 1 aliphatic carbocycles. The van der Waals surface area contributed by atoms with E-state index in [0.29, 0.717) is 13.0 Å². The van der Waals surface area contributed by atoms with Crippen molar-refractivity contribution in [2.75, 3.05) is 6.54 Å². The number of carbonyl (C=O) groups excluding carboxylic acids is 1. The van der Waals surface area contributed by atoms with E-state index in [4.69, 9.17) is 11.6 Å². The first-order valence-electron chi connectivity index (χ1n) is 6.34. The van der Waals surface area contributed by atoms with Crippen molar-refractivity contribution in [2.24, 2.45) is 5.92 Å². The lowest BCUT2D eigenvalue weighted by Gasteiger charge is -2.14. The van der Waals surface area contributed by atoms with Gasteiger partial charge in [0.05, 0.1) is 10.4 Å². The van der Waals surface area contributed by atoms with E-state index >= 15 is 0 Å². The highest BCUT2D eigenvalue weighted by atomic mass is 35.5. The number of amides is 1. The van der Waals surface area contributed by atoms with Crippen molar-refractivity contribution in [3.63, 3.8) is 0 Å². The lowest BCUT2D eigenvalue weighted by Crippen LogP contribution is -2.32. The van der Waals surface area contributed by atoms with Gasteiger partial charge in [0.2, 0.25) is 5.91 Å². The Hall–Kier alpha value is -0.580. The summed E-state index contributed by atoms with van der Waals surface area (Å²) >= 11 is 7.35. The van der Waals surface area contributed by atoms with Gasteiger partial charge in [-0.05, 0) is 31.4 Å². The minimum absolute atomic E-state index is 0.0543. The van der Waals surface area contributed by atoms with Gasteiger partial charge in [0, 0.05) is 23.8 Å². The van der Waals surface area contributed by atoms with Crippen LogP contribution in [0.4, 0.5) is 0 Å². The Labute approximate surface area is 116 Å². The molecule has 1 saturated carbocycles. The number of rotatable bonds is 5. The van der Waals surface area contributed by atoms with Gasteiger partial charge in [-0.3, -0.25) is 4.79 Å². The first-order chi connectivity index (χ1) is 8.65. The van der Waals surface area contributed by atoms with Gasteiger partial charge in [-0.25, -0.2) is 0 Å². The molecule has 3 nitrogen and oxygen atoms in total. The second kappa shape index (κ2) is 6.55. The molecule has 2 rings (SSSR count). The molecular formula is C13H18ClNO2S. The number of nitrogens with one attached hydrogen (secondary N) is 1. The van der Waals surface area contributed by atoms with E-state index in [1.807, 2.05) is 12.1 Å². The summed E-state index contributed by atoms with van der Waals surface area (Å²) in [7, 11) is 0. The number of aliphatic hydroxyl groups excluding tert-OH is 1. The number of aryl methyl sites for hydroxylation is 1. The molecule has 1 aromatic heterocycles. The highest BCUT2D eigenvalue weighted by molar-refractivity contribution is 7.16. The molecule has 0 bridgehead atoms. The minimum atomic E-state index is -0.235. The molecule has 5 heteroatoms. The number of hydrogen-bond donors (Lipinski definition) is 2. The first-order valence-corrected chi connectivity index (χ1v) is 7.53. The third kappa shape index (κ3) is 3.97. The Bertz CT molecular complexity index is 407. The molecule has 0 aliphatic heterocycles. The fourth-order valence-corrected chi connectivity index (χ4v) is 3.40. The molecule has 0 radical (unpaired) electrons. The summed E-state index contributed by atoms with van der Waals surface area (Å²) in [5.41, 5.74) is 0. The van der Waals surface area contributed by atoms with E-state index in [9.17, 15) is 9.90 Å². The van der Waals surface area contributed by atoms with Crippen LogP contribution in [0.3, 0.4) is 0 Å². The molecule has 0 spiro atoms. The number of carbonyl (C=O) groups is 1. The van der Waals surface area contributed by atoms with Crippen molar-refractivity contribution in [3.05, 3.63) is 21.3 Å². The first kappa shape index (κ1) is 13.8. The molecule has 18 heavy (non-hydrogen) atoms. The van der Waals surface area contributed by atoms with Gasteiger partial charge < -0.3 is 10.4 Å². The van der Waals surface area contributed by atoms with Crippen LogP contribution in [-0.2, 0) is 11.2 Å². The van der Waals surface area contributed by atoms with Gasteiger partial charge in [-0.15, -0.1) is 11.3 Å². The van der Waals surface area contributed by atoms with Crippen molar-refractivity contribution in [2.45, 2.75) is 38.2 Å². The summed E-state index contributed by atoms with van der Waals surface area (Å²) in [6, 6.07) is 3.81. The van der Waals surface area contributed by atoms with E-state index < -0.39 is 0 Å². The average Bonchev–Trinajstić information content (AvgIpc) is 2.93. The molecule has 1 amide bonds. The third-order valence-electron chi connectivity index (χ3n) is 3.41. The summed E-state index contributed by atoms with van der Waals surface area (Å²) in [6.45, 7) is 0.602. The van der Waals surface area contributed by atoms with Crippen molar-refractivity contribution in [3.8, 4) is 0 Å². The fourth-order valence-electron chi connectivity index (χ4n) is 2.31.